The van der Waals surface area contributed by atoms with Crippen molar-refractivity contribution in [1.29, 1.82) is 0 Å². The van der Waals surface area contributed by atoms with Gasteiger partial charge >= 0.3 is 0 Å². The molecule has 2 heterocycles. The number of nitrogens with zero attached hydrogens (tertiary/aromatic N) is 4. The standard InChI is InChI=1S/C12H19N5O/c1-4-6-13-9-10-5-7-17(14-10)11-8-12(18-3)16(2)15-11/h5,7-8,13H,4,6,9H2,1-3H3. The molecule has 0 spiro atoms. The third-order valence-corrected chi connectivity index (χ3v) is 2.65. The Bertz CT molecular complexity index is 502. The molecule has 0 aliphatic rings. The lowest BCUT2D eigenvalue weighted by Gasteiger charge is -1.98. The van der Waals surface area contributed by atoms with E-state index in [4.69, 9.17) is 4.74 Å². The van der Waals surface area contributed by atoms with Crippen molar-refractivity contribution < 1.29 is 4.74 Å². The monoisotopic (exact) mass is 249 g/mol. The van der Waals surface area contributed by atoms with Gasteiger partial charge in [-0.1, -0.05) is 6.92 Å². The lowest BCUT2D eigenvalue weighted by atomic mass is 10.4. The molecule has 1 N–H and O–H groups in total. The predicted molar refractivity (Wildman–Crippen MR) is 68.9 cm³/mol. The molecule has 0 amide bonds. The van der Waals surface area contributed by atoms with E-state index < -0.39 is 0 Å². The van der Waals surface area contributed by atoms with Crippen molar-refractivity contribution in [1.82, 2.24) is 24.9 Å². The summed E-state index contributed by atoms with van der Waals surface area (Å²) in [6.07, 6.45) is 3.03. The number of methoxy groups -OCH3 is 1. The SMILES string of the molecule is CCCNCc1ccn(-c2cc(OC)n(C)n2)n1. The molecule has 0 radical (unpaired) electrons. The van der Waals surface area contributed by atoms with E-state index in [0.717, 1.165) is 31.0 Å². The minimum atomic E-state index is 0.714. The van der Waals surface area contributed by atoms with Gasteiger partial charge in [-0.2, -0.15) is 5.10 Å². The van der Waals surface area contributed by atoms with Gasteiger partial charge in [-0.3, -0.25) is 0 Å². The third-order valence-electron chi connectivity index (χ3n) is 2.65. The Labute approximate surface area is 107 Å². The molecule has 0 saturated carbocycles. The number of ether oxygens (including phenoxy) is 1. The number of hydrogen-bond acceptors (Lipinski definition) is 4. The van der Waals surface area contributed by atoms with Crippen molar-refractivity contribution in [3.05, 3.63) is 24.0 Å². The second-order valence-electron chi connectivity index (χ2n) is 4.10. The van der Waals surface area contributed by atoms with Crippen LogP contribution >= 0.6 is 0 Å². The second-order valence-corrected chi connectivity index (χ2v) is 4.10. The molecule has 0 atom stereocenters. The van der Waals surface area contributed by atoms with Crippen molar-refractivity contribution >= 4 is 0 Å². The van der Waals surface area contributed by atoms with Crippen molar-refractivity contribution in [3.63, 3.8) is 0 Å². The van der Waals surface area contributed by atoms with Gasteiger partial charge in [0.15, 0.2) is 5.82 Å². The van der Waals surface area contributed by atoms with Crippen molar-refractivity contribution in [2.75, 3.05) is 13.7 Å². The van der Waals surface area contributed by atoms with Crippen molar-refractivity contribution in [3.8, 4) is 11.7 Å². The van der Waals surface area contributed by atoms with Gasteiger partial charge in [-0.15, -0.1) is 5.10 Å². The average Bonchev–Trinajstić information content (AvgIpc) is 2.96. The van der Waals surface area contributed by atoms with Crippen LogP contribution in [0.4, 0.5) is 0 Å². The zero-order valence-electron chi connectivity index (χ0n) is 11.1. The highest BCUT2D eigenvalue weighted by atomic mass is 16.5. The van der Waals surface area contributed by atoms with Crippen LogP contribution in [0.5, 0.6) is 5.88 Å². The molecule has 0 aromatic carbocycles. The molecular formula is C12H19N5O. The van der Waals surface area contributed by atoms with E-state index in [1.54, 1.807) is 16.5 Å². The molecule has 98 valence electrons. The number of nitrogens with one attached hydrogen (secondary N) is 1. The number of aromatic nitrogens is 4. The van der Waals surface area contributed by atoms with Gasteiger partial charge in [0, 0.05) is 25.9 Å². The van der Waals surface area contributed by atoms with Crippen LogP contribution in [0.15, 0.2) is 18.3 Å². The first-order chi connectivity index (χ1) is 8.74. The van der Waals surface area contributed by atoms with E-state index in [-0.39, 0.29) is 0 Å². The Balaban J connectivity index is 2.08. The summed E-state index contributed by atoms with van der Waals surface area (Å²) in [6.45, 7) is 3.93. The summed E-state index contributed by atoms with van der Waals surface area (Å²) in [4.78, 5) is 0. The zero-order valence-corrected chi connectivity index (χ0v) is 11.1. The van der Waals surface area contributed by atoms with Crippen LogP contribution in [-0.2, 0) is 13.6 Å². The van der Waals surface area contributed by atoms with E-state index >= 15 is 0 Å². The Morgan fingerprint density at radius 1 is 1.39 bits per heavy atom. The van der Waals surface area contributed by atoms with Crippen LogP contribution in [0.2, 0.25) is 0 Å². The zero-order chi connectivity index (χ0) is 13.0. The third kappa shape index (κ3) is 2.70. The maximum Gasteiger partial charge on any atom is 0.213 e. The molecule has 0 bridgehead atoms. The van der Waals surface area contributed by atoms with E-state index in [9.17, 15) is 0 Å². The van der Waals surface area contributed by atoms with Crippen LogP contribution in [0.25, 0.3) is 5.82 Å². The molecule has 6 nitrogen and oxygen atoms in total. The Hall–Kier alpha value is -1.82. The van der Waals surface area contributed by atoms with Crippen LogP contribution in [0.1, 0.15) is 19.0 Å². The summed E-state index contributed by atoms with van der Waals surface area (Å²) < 4.78 is 8.62. The Kier molecular flexibility index (Phi) is 3.99. The molecule has 6 heteroatoms. The van der Waals surface area contributed by atoms with Gasteiger partial charge in [-0.05, 0) is 19.0 Å². The first-order valence-electron chi connectivity index (χ1n) is 6.08. The van der Waals surface area contributed by atoms with Gasteiger partial charge in [0.05, 0.1) is 12.8 Å². The predicted octanol–water partition coefficient (Wildman–Crippen LogP) is 1.11. The van der Waals surface area contributed by atoms with Crippen LogP contribution < -0.4 is 10.1 Å². The Morgan fingerprint density at radius 3 is 2.89 bits per heavy atom. The molecule has 2 aromatic rings. The topological polar surface area (TPSA) is 56.9 Å². The summed E-state index contributed by atoms with van der Waals surface area (Å²) in [5.74, 6) is 1.47. The largest absolute Gasteiger partial charge is 0.481 e. The number of rotatable bonds is 6. The second kappa shape index (κ2) is 5.68. The number of hydrogen-bond donors (Lipinski definition) is 1. The molecule has 0 fully saturated rings. The minimum absolute atomic E-state index is 0.714. The van der Waals surface area contributed by atoms with E-state index in [0.29, 0.717) is 5.88 Å². The van der Waals surface area contributed by atoms with E-state index in [1.165, 1.54) is 0 Å². The fourth-order valence-electron chi connectivity index (χ4n) is 1.72. The Morgan fingerprint density at radius 2 is 2.22 bits per heavy atom. The summed E-state index contributed by atoms with van der Waals surface area (Å²) in [6, 6.07) is 3.85. The summed E-state index contributed by atoms with van der Waals surface area (Å²) >= 11 is 0. The summed E-state index contributed by atoms with van der Waals surface area (Å²) in [7, 11) is 3.47. The lowest BCUT2D eigenvalue weighted by Crippen LogP contribution is -2.14. The molecule has 0 aliphatic carbocycles. The van der Waals surface area contributed by atoms with Gasteiger partial charge < -0.3 is 10.1 Å². The molecule has 2 rings (SSSR count). The highest BCUT2D eigenvalue weighted by Crippen LogP contribution is 2.14. The van der Waals surface area contributed by atoms with E-state index in [2.05, 4.69) is 22.4 Å². The normalized spacial score (nSPS) is 10.8. The smallest absolute Gasteiger partial charge is 0.213 e. The summed E-state index contributed by atoms with van der Waals surface area (Å²) in [5, 5.41) is 12.1. The average molecular weight is 249 g/mol. The van der Waals surface area contributed by atoms with Crippen molar-refractivity contribution in [2.45, 2.75) is 19.9 Å². The first-order valence-corrected chi connectivity index (χ1v) is 6.08. The molecule has 2 aromatic heterocycles. The number of aryl methyl sites for hydroxylation is 1. The van der Waals surface area contributed by atoms with E-state index in [1.807, 2.05) is 25.4 Å². The fraction of sp³-hybridized carbons (Fsp3) is 0.500. The molecule has 0 aliphatic heterocycles. The summed E-state index contributed by atoms with van der Waals surface area (Å²) in [5.41, 5.74) is 1.01. The lowest BCUT2D eigenvalue weighted by molar-refractivity contribution is 0.373. The van der Waals surface area contributed by atoms with Crippen LogP contribution in [-0.4, -0.2) is 33.2 Å². The van der Waals surface area contributed by atoms with Gasteiger partial charge in [0.2, 0.25) is 5.88 Å². The molecular weight excluding hydrogens is 230 g/mol. The molecule has 18 heavy (non-hydrogen) atoms. The van der Waals surface area contributed by atoms with Crippen LogP contribution in [0.3, 0.4) is 0 Å². The fourth-order valence-corrected chi connectivity index (χ4v) is 1.72. The van der Waals surface area contributed by atoms with Gasteiger partial charge in [-0.25, -0.2) is 9.36 Å². The molecule has 0 saturated heterocycles. The maximum atomic E-state index is 5.18. The highest BCUT2D eigenvalue weighted by molar-refractivity contribution is 5.28. The van der Waals surface area contributed by atoms with Gasteiger partial charge in [0.1, 0.15) is 0 Å². The van der Waals surface area contributed by atoms with Crippen molar-refractivity contribution in [2.24, 2.45) is 7.05 Å². The quantitative estimate of drug-likeness (QED) is 0.779. The van der Waals surface area contributed by atoms with Gasteiger partial charge in [0.25, 0.3) is 0 Å². The highest BCUT2D eigenvalue weighted by Gasteiger charge is 2.08. The minimum Gasteiger partial charge on any atom is -0.481 e. The first kappa shape index (κ1) is 12.6. The molecule has 0 unspecified atom stereocenters. The van der Waals surface area contributed by atoms with Crippen LogP contribution in [0, 0.1) is 0 Å². The maximum absolute atomic E-state index is 5.18.